The molecule has 0 bridgehead atoms. The number of nitrogens with zero attached hydrogens (tertiary/aromatic N) is 4. The Morgan fingerprint density at radius 3 is 2.93 bits per heavy atom. The summed E-state index contributed by atoms with van der Waals surface area (Å²) in [4.78, 5) is 8.39. The van der Waals surface area contributed by atoms with E-state index in [-0.39, 0.29) is 0 Å². The van der Waals surface area contributed by atoms with E-state index in [2.05, 4.69) is 20.2 Å². The highest BCUT2D eigenvalue weighted by Gasteiger charge is 2.08. The second kappa shape index (κ2) is 2.70. The van der Waals surface area contributed by atoms with Crippen LogP contribution in [0.4, 0.5) is 0 Å². The van der Waals surface area contributed by atoms with Crippen LogP contribution in [0.1, 0.15) is 0 Å². The summed E-state index contributed by atoms with van der Waals surface area (Å²) in [5.41, 5.74) is 2.54. The maximum absolute atomic E-state index is 4.21. The summed E-state index contributed by atoms with van der Waals surface area (Å²) in [6, 6.07) is 5.71. The monoisotopic (exact) mass is 182 g/mol. The Balaban J connectivity index is 2.56. The van der Waals surface area contributed by atoms with Gasteiger partial charge in [0.15, 0.2) is 5.65 Å². The van der Waals surface area contributed by atoms with Crippen LogP contribution < -0.4 is 0 Å². The number of hydrogen-bond donors (Lipinski definition) is 0. The first-order valence-electron chi connectivity index (χ1n) is 4.26. The first kappa shape index (κ1) is 7.32. The Bertz CT molecular complexity index is 564. The predicted octanol–water partition coefficient (Wildman–Crippen LogP) is 1.52. The van der Waals surface area contributed by atoms with Gasteiger partial charge in [0, 0.05) is 23.3 Å². The molecule has 0 fully saturated rings. The fraction of sp³-hybridized carbons (Fsp3) is 0. The normalized spacial score (nSPS) is 10.9. The number of pyridine rings is 1. The Labute approximate surface area is 80.0 Å². The van der Waals surface area contributed by atoms with E-state index in [0.29, 0.717) is 5.65 Å². The molecule has 2 aliphatic heterocycles. The van der Waals surface area contributed by atoms with Crippen LogP contribution >= 0.6 is 0 Å². The lowest BCUT2D eigenvalue weighted by atomic mass is 10.2. The van der Waals surface area contributed by atoms with E-state index in [1.165, 1.54) is 0 Å². The summed E-state index contributed by atoms with van der Waals surface area (Å²) >= 11 is 0. The smallest absolute Gasteiger partial charge is 0.161 e. The van der Waals surface area contributed by atoms with Crippen molar-refractivity contribution in [2.24, 2.45) is 0 Å². The molecule has 0 unspecified atom stereocenters. The molecule has 0 atom stereocenters. The van der Waals surface area contributed by atoms with Gasteiger partial charge in [0.1, 0.15) is 5.69 Å². The minimum Gasteiger partial charge on any atom is -0.237 e. The average molecular weight is 182 g/mol. The topological polar surface area (TPSA) is 51.6 Å². The molecule has 3 rings (SSSR count). The van der Waals surface area contributed by atoms with E-state index < -0.39 is 0 Å². The van der Waals surface area contributed by atoms with Crippen LogP contribution in [0, 0.1) is 0 Å². The summed E-state index contributed by atoms with van der Waals surface area (Å²) in [6.07, 6.45) is 5.17. The molecule has 0 saturated carbocycles. The molecule has 0 aromatic carbocycles. The molecule has 66 valence electrons. The van der Waals surface area contributed by atoms with Gasteiger partial charge in [0.25, 0.3) is 0 Å². The number of aromatic nitrogens is 4. The first-order valence-corrected chi connectivity index (χ1v) is 4.26. The summed E-state index contributed by atoms with van der Waals surface area (Å²) in [6.45, 7) is 0. The zero-order valence-electron chi connectivity index (χ0n) is 7.25. The number of rotatable bonds is 0. The molecular formula is C10H6N4. The second-order valence-electron chi connectivity index (χ2n) is 2.97. The zero-order chi connectivity index (χ0) is 9.38. The number of fused-ring (bicyclic) bond motifs is 3. The largest absolute Gasteiger partial charge is 0.237 e. The summed E-state index contributed by atoms with van der Waals surface area (Å²) in [7, 11) is 0. The van der Waals surface area contributed by atoms with Crippen molar-refractivity contribution in [1.82, 2.24) is 20.2 Å². The molecule has 1 aromatic heterocycles. The van der Waals surface area contributed by atoms with E-state index >= 15 is 0 Å². The summed E-state index contributed by atoms with van der Waals surface area (Å²) in [5, 5.41) is 8.87. The quantitative estimate of drug-likeness (QED) is 0.529. The lowest BCUT2D eigenvalue weighted by Crippen LogP contribution is -1.79. The minimum atomic E-state index is 0.697. The zero-order valence-corrected chi connectivity index (χ0v) is 7.25. The summed E-state index contributed by atoms with van der Waals surface area (Å²) in [5.74, 6) is 0. The average Bonchev–Trinajstić information content (AvgIpc) is 2.61. The lowest BCUT2D eigenvalue weighted by molar-refractivity contribution is 1.11. The molecule has 0 saturated heterocycles. The molecule has 0 radical (unpaired) electrons. The minimum absolute atomic E-state index is 0.697. The van der Waals surface area contributed by atoms with Crippen molar-refractivity contribution in [2.75, 3.05) is 0 Å². The molecule has 0 spiro atoms. The fourth-order valence-electron chi connectivity index (χ4n) is 1.47. The van der Waals surface area contributed by atoms with E-state index in [1.54, 1.807) is 18.6 Å². The number of hydrogen-bond acceptors (Lipinski definition) is 4. The Kier molecular flexibility index (Phi) is 1.41. The van der Waals surface area contributed by atoms with Crippen molar-refractivity contribution in [3.8, 4) is 11.3 Å². The maximum Gasteiger partial charge on any atom is 0.161 e. The van der Waals surface area contributed by atoms with Crippen molar-refractivity contribution in [3.63, 3.8) is 0 Å². The molecule has 14 heavy (non-hydrogen) atoms. The molecule has 4 heteroatoms. The van der Waals surface area contributed by atoms with E-state index in [1.807, 2.05) is 18.2 Å². The highest BCUT2D eigenvalue weighted by molar-refractivity contribution is 5.89. The highest BCUT2D eigenvalue weighted by Crippen LogP contribution is 2.23. The van der Waals surface area contributed by atoms with Crippen LogP contribution in [-0.2, 0) is 0 Å². The van der Waals surface area contributed by atoms with Crippen LogP contribution in [0.2, 0.25) is 0 Å². The van der Waals surface area contributed by atoms with Gasteiger partial charge in [-0.15, -0.1) is 5.10 Å². The van der Waals surface area contributed by atoms with Crippen molar-refractivity contribution < 1.29 is 0 Å². The van der Waals surface area contributed by atoms with Gasteiger partial charge in [-0.05, 0) is 18.2 Å². The van der Waals surface area contributed by atoms with Gasteiger partial charge in [-0.1, -0.05) is 0 Å². The van der Waals surface area contributed by atoms with Gasteiger partial charge in [-0.3, -0.25) is 0 Å². The molecular weight excluding hydrogens is 176 g/mol. The third-order valence-corrected chi connectivity index (χ3v) is 2.12. The third-order valence-electron chi connectivity index (χ3n) is 2.12. The molecule has 3 heterocycles. The highest BCUT2D eigenvalue weighted by atomic mass is 15.1. The van der Waals surface area contributed by atoms with Crippen molar-refractivity contribution >= 4 is 11.0 Å². The molecule has 2 aliphatic rings. The Morgan fingerprint density at radius 1 is 1.00 bits per heavy atom. The summed E-state index contributed by atoms with van der Waals surface area (Å²) < 4.78 is 0. The Morgan fingerprint density at radius 2 is 1.93 bits per heavy atom. The first-order chi connectivity index (χ1) is 6.95. The van der Waals surface area contributed by atoms with Crippen LogP contribution in [0.15, 0.2) is 36.8 Å². The second-order valence-corrected chi connectivity index (χ2v) is 2.97. The molecule has 4 nitrogen and oxygen atoms in total. The van der Waals surface area contributed by atoms with Crippen molar-refractivity contribution in [2.45, 2.75) is 0 Å². The fourth-order valence-corrected chi connectivity index (χ4v) is 1.47. The van der Waals surface area contributed by atoms with Gasteiger partial charge in [0.05, 0.1) is 6.20 Å². The van der Waals surface area contributed by atoms with E-state index in [0.717, 1.165) is 16.6 Å². The predicted molar refractivity (Wildman–Crippen MR) is 51.8 cm³/mol. The van der Waals surface area contributed by atoms with Crippen molar-refractivity contribution in [1.29, 1.82) is 0 Å². The van der Waals surface area contributed by atoms with Crippen LogP contribution in [0.25, 0.3) is 22.3 Å². The van der Waals surface area contributed by atoms with Crippen LogP contribution in [0.5, 0.6) is 0 Å². The van der Waals surface area contributed by atoms with Crippen LogP contribution in [-0.4, -0.2) is 20.2 Å². The molecule has 0 N–H and O–H groups in total. The van der Waals surface area contributed by atoms with E-state index in [4.69, 9.17) is 0 Å². The maximum atomic E-state index is 4.21. The van der Waals surface area contributed by atoms with Gasteiger partial charge >= 0.3 is 0 Å². The SMILES string of the molecule is c1cnc2nccc3cnnc-3c2c1. The Hall–Kier alpha value is -2.10. The lowest BCUT2D eigenvalue weighted by Gasteiger charge is -1.91. The van der Waals surface area contributed by atoms with Gasteiger partial charge in [-0.2, -0.15) is 5.10 Å². The van der Waals surface area contributed by atoms with Gasteiger partial charge in [0.2, 0.25) is 0 Å². The molecule has 0 aliphatic carbocycles. The molecule has 1 aromatic rings. The standard InChI is InChI=1S/C10H6N4/c1-2-8-9-7(6-13-14-9)3-5-12-10(8)11-4-1/h1-6H. The van der Waals surface area contributed by atoms with Crippen LogP contribution in [0.3, 0.4) is 0 Å². The van der Waals surface area contributed by atoms with E-state index in [9.17, 15) is 0 Å². The molecule has 0 amide bonds. The van der Waals surface area contributed by atoms with Gasteiger partial charge < -0.3 is 0 Å². The third kappa shape index (κ3) is 0.939. The van der Waals surface area contributed by atoms with Crippen molar-refractivity contribution in [3.05, 3.63) is 36.8 Å². The van der Waals surface area contributed by atoms with Gasteiger partial charge in [-0.25, -0.2) is 9.97 Å².